The minimum absolute atomic E-state index is 0.261. The maximum absolute atomic E-state index is 11.5. The van der Waals surface area contributed by atoms with E-state index in [9.17, 15) is 13.0 Å². The number of hydrogen-bond acceptors (Lipinski definition) is 5. The topological polar surface area (TPSA) is 61.5 Å². The zero-order valence-electron chi connectivity index (χ0n) is 22.4. The highest BCUT2D eigenvalue weighted by atomic mass is 32.2. The Bertz CT molecular complexity index is 1670. The van der Waals surface area contributed by atoms with Gasteiger partial charge in [-0.25, -0.2) is 0 Å². The molecule has 8 heteroatoms. The molecular weight excluding hydrogens is 545 g/mol. The van der Waals surface area contributed by atoms with Gasteiger partial charge in [0.05, 0.1) is 16.5 Å². The van der Waals surface area contributed by atoms with Crippen LogP contribution in [-0.2, 0) is 16.7 Å². The number of thioether (sulfide) groups is 1. The fourth-order valence-corrected chi connectivity index (χ4v) is 7.68. The molecule has 0 fully saturated rings. The Morgan fingerprint density at radius 2 is 1.82 bits per heavy atom. The van der Waals surface area contributed by atoms with Crippen LogP contribution in [0, 0.1) is 6.92 Å². The molecule has 0 unspecified atom stereocenters. The summed E-state index contributed by atoms with van der Waals surface area (Å²) in [5, 5.41) is 2.29. The molecule has 0 saturated carbocycles. The van der Waals surface area contributed by atoms with Crippen molar-refractivity contribution in [2.24, 2.45) is 0 Å². The molecule has 5 nitrogen and oxygen atoms in total. The van der Waals surface area contributed by atoms with Crippen LogP contribution in [0.5, 0.6) is 0 Å². The quantitative estimate of drug-likeness (QED) is 0.163. The molecule has 0 amide bonds. The van der Waals surface area contributed by atoms with Crippen molar-refractivity contribution in [3.05, 3.63) is 94.0 Å². The molecule has 2 heterocycles. The molecule has 1 aromatic heterocycles. The third-order valence-corrected chi connectivity index (χ3v) is 9.88. The molecule has 0 aliphatic carbocycles. The summed E-state index contributed by atoms with van der Waals surface area (Å²) < 4.78 is 35.6. The van der Waals surface area contributed by atoms with E-state index < -0.39 is 10.1 Å². The number of allylic oxidation sites excluding steroid dienone is 2. The number of aryl methyl sites for hydroxylation is 2. The Morgan fingerprint density at radius 3 is 2.54 bits per heavy atom. The largest absolute Gasteiger partial charge is 0.335 e. The van der Waals surface area contributed by atoms with Crippen molar-refractivity contribution < 1.29 is 17.5 Å². The summed E-state index contributed by atoms with van der Waals surface area (Å²) in [5.41, 5.74) is 7.05. The van der Waals surface area contributed by atoms with Gasteiger partial charge in [0.15, 0.2) is 6.54 Å². The zero-order valence-corrected chi connectivity index (χ0v) is 24.9. The Labute approximate surface area is 239 Å². The maximum Gasteiger partial charge on any atom is 0.265 e. The maximum atomic E-state index is 11.5. The molecule has 1 N–H and O–H groups in total. The van der Waals surface area contributed by atoms with Crippen LogP contribution >= 0.6 is 23.1 Å². The minimum atomic E-state index is -4.02. The first-order valence-corrected chi connectivity index (χ1v) is 16.4. The van der Waals surface area contributed by atoms with Crippen molar-refractivity contribution in [2.45, 2.75) is 45.1 Å². The molecule has 0 spiro atoms. The fraction of sp³-hybridized carbons (Fsp3) is 0.258. The van der Waals surface area contributed by atoms with E-state index in [1.807, 2.05) is 18.2 Å². The van der Waals surface area contributed by atoms with Crippen LogP contribution < -0.4 is 9.47 Å². The van der Waals surface area contributed by atoms with Crippen LogP contribution in [0.2, 0.25) is 0 Å². The van der Waals surface area contributed by atoms with E-state index in [4.69, 9.17) is 0 Å². The number of fused-ring (bicyclic) bond motifs is 2. The van der Waals surface area contributed by atoms with Crippen LogP contribution in [0.1, 0.15) is 37.3 Å². The number of thiazole rings is 1. The van der Waals surface area contributed by atoms with Crippen molar-refractivity contribution in [1.82, 2.24) is 0 Å². The van der Waals surface area contributed by atoms with E-state index in [1.54, 1.807) is 23.1 Å². The summed E-state index contributed by atoms with van der Waals surface area (Å²) in [6, 6.07) is 23.3. The number of nitrogens with zero attached hydrogens (tertiary/aromatic N) is 2. The Hall–Kier alpha value is -2.91. The normalized spacial score (nSPS) is 14.9. The molecule has 5 rings (SSSR count). The Balaban J connectivity index is 1.56. The number of anilines is 1. The van der Waals surface area contributed by atoms with Crippen molar-refractivity contribution in [1.29, 1.82) is 0 Å². The van der Waals surface area contributed by atoms with Crippen molar-refractivity contribution in [3.8, 4) is 11.1 Å². The first kappa shape index (κ1) is 27.6. The van der Waals surface area contributed by atoms with Crippen molar-refractivity contribution in [3.63, 3.8) is 0 Å². The molecule has 3 aromatic carbocycles. The summed E-state index contributed by atoms with van der Waals surface area (Å²) in [6.07, 6.45) is 5.72. The average Bonchev–Trinajstić information content (AvgIpc) is 3.44. The van der Waals surface area contributed by atoms with E-state index in [-0.39, 0.29) is 5.75 Å². The van der Waals surface area contributed by atoms with Crippen LogP contribution in [0.15, 0.2) is 88.3 Å². The SMILES string of the molecule is CCC(=C\c1sc2ccc(-c3ccccc3)cc2[n+]1CCCS(=O)(=O)O)/C=C1/Sc2ccc(C)cc2N1CC. The molecule has 202 valence electrons. The number of benzene rings is 3. The van der Waals surface area contributed by atoms with Gasteiger partial charge in [0, 0.05) is 30.0 Å². The third kappa shape index (κ3) is 6.30. The number of hydrogen-bond donors (Lipinski definition) is 1. The Morgan fingerprint density at radius 1 is 1.03 bits per heavy atom. The lowest BCUT2D eigenvalue weighted by molar-refractivity contribution is -0.668. The lowest BCUT2D eigenvalue weighted by atomic mass is 10.1. The average molecular weight is 578 g/mol. The second-order valence-corrected chi connectivity index (χ2v) is 13.3. The molecule has 1 aliphatic rings. The monoisotopic (exact) mass is 577 g/mol. The van der Waals surface area contributed by atoms with Gasteiger partial charge in [-0.05, 0) is 66.8 Å². The molecular formula is C31H33N2O3S3+. The van der Waals surface area contributed by atoms with Crippen molar-refractivity contribution >= 4 is 55.2 Å². The van der Waals surface area contributed by atoms with Gasteiger partial charge in [0.2, 0.25) is 5.52 Å². The van der Waals surface area contributed by atoms with Crippen LogP contribution in [0.25, 0.3) is 27.4 Å². The second kappa shape index (κ2) is 11.7. The van der Waals surface area contributed by atoms with Gasteiger partial charge in [0.25, 0.3) is 15.1 Å². The smallest absolute Gasteiger partial charge is 0.265 e. The highest BCUT2D eigenvalue weighted by molar-refractivity contribution is 8.03. The minimum Gasteiger partial charge on any atom is -0.335 e. The highest BCUT2D eigenvalue weighted by Gasteiger charge is 2.25. The third-order valence-electron chi connectivity index (χ3n) is 6.85. The molecule has 0 radical (unpaired) electrons. The zero-order chi connectivity index (χ0) is 27.6. The van der Waals surface area contributed by atoms with Gasteiger partial charge in [-0.15, -0.1) is 0 Å². The van der Waals surface area contributed by atoms with E-state index in [1.165, 1.54) is 26.7 Å². The van der Waals surface area contributed by atoms with Gasteiger partial charge in [-0.1, -0.05) is 72.5 Å². The number of aromatic nitrogens is 1. The molecule has 4 aromatic rings. The van der Waals surface area contributed by atoms with Gasteiger partial charge >= 0.3 is 0 Å². The first-order valence-electron chi connectivity index (χ1n) is 13.2. The molecule has 1 aliphatic heterocycles. The Kier molecular flexibility index (Phi) is 8.28. The summed E-state index contributed by atoms with van der Waals surface area (Å²) in [7, 11) is -4.02. The summed E-state index contributed by atoms with van der Waals surface area (Å²) in [5.74, 6) is -0.261. The number of rotatable bonds is 9. The van der Waals surface area contributed by atoms with E-state index in [0.717, 1.165) is 39.3 Å². The van der Waals surface area contributed by atoms with Crippen LogP contribution in [-0.4, -0.2) is 25.3 Å². The predicted octanol–water partition coefficient (Wildman–Crippen LogP) is 7.71. The van der Waals surface area contributed by atoms with Gasteiger partial charge < -0.3 is 4.90 Å². The molecule has 0 bridgehead atoms. The summed E-state index contributed by atoms with van der Waals surface area (Å²) >= 11 is 3.51. The van der Waals surface area contributed by atoms with E-state index in [2.05, 4.69) is 90.9 Å². The lowest BCUT2D eigenvalue weighted by Crippen LogP contribution is -2.36. The second-order valence-electron chi connectivity index (χ2n) is 9.65. The van der Waals surface area contributed by atoms with E-state index >= 15 is 0 Å². The first-order chi connectivity index (χ1) is 18.8. The summed E-state index contributed by atoms with van der Waals surface area (Å²) in [6.45, 7) is 7.87. The molecule has 39 heavy (non-hydrogen) atoms. The van der Waals surface area contributed by atoms with Crippen LogP contribution in [0.4, 0.5) is 5.69 Å². The van der Waals surface area contributed by atoms with Crippen molar-refractivity contribution in [2.75, 3.05) is 17.2 Å². The molecule has 0 saturated heterocycles. The van der Waals surface area contributed by atoms with Gasteiger partial charge in [0.1, 0.15) is 4.70 Å². The summed E-state index contributed by atoms with van der Waals surface area (Å²) in [4.78, 5) is 3.65. The van der Waals surface area contributed by atoms with Gasteiger partial charge in [-0.2, -0.15) is 13.0 Å². The molecule has 0 atom stereocenters. The highest BCUT2D eigenvalue weighted by Crippen LogP contribution is 2.46. The van der Waals surface area contributed by atoms with Crippen LogP contribution in [0.3, 0.4) is 0 Å². The van der Waals surface area contributed by atoms with E-state index in [0.29, 0.717) is 13.0 Å². The lowest BCUT2D eigenvalue weighted by Gasteiger charge is -2.18. The predicted molar refractivity (Wildman–Crippen MR) is 165 cm³/mol. The standard InChI is InChI=1S/C31H32N2O3S3/c1-4-23(19-30-32(5-2)26-18-22(3)12-14-28(26)37-30)20-31-33(16-9-17-39(34,35)36)27-21-25(13-15-29(27)38-31)24-10-7-6-8-11-24/h6-8,10-15,18-21H,4-5,9,16-17H2,1-3H3/p+1. The van der Waals surface area contributed by atoms with Gasteiger partial charge in [-0.3, -0.25) is 4.55 Å². The fourth-order valence-electron chi connectivity index (χ4n) is 4.86.